The van der Waals surface area contributed by atoms with Crippen molar-refractivity contribution < 1.29 is 14.3 Å². The van der Waals surface area contributed by atoms with Gasteiger partial charge in [0.15, 0.2) is 0 Å². The molecule has 1 aromatic rings. The lowest BCUT2D eigenvalue weighted by Gasteiger charge is -2.16. The van der Waals surface area contributed by atoms with Gasteiger partial charge in [-0.2, -0.15) is 0 Å². The molecule has 1 heterocycles. The Balaban J connectivity index is 1.37. The largest absolute Gasteiger partial charge is 0.492 e. The minimum Gasteiger partial charge on any atom is -0.492 e. The molecule has 1 aromatic carbocycles. The van der Waals surface area contributed by atoms with Gasteiger partial charge in [0.1, 0.15) is 12.4 Å². The summed E-state index contributed by atoms with van der Waals surface area (Å²) < 4.78 is 5.53. The van der Waals surface area contributed by atoms with E-state index in [2.05, 4.69) is 5.32 Å². The Morgan fingerprint density at radius 2 is 2.22 bits per heavy atom. The van der Waals surface area contributed by atoms with Gasteiger partial charge >= 0.3 is 0 Å². The Labute approximate surface area is 140 Å². The van der Waals surface area contributed by atoms with Crippen LogP contribution in [0, 0.1) is 11.8 Å². The highest BCUT2D eigenvalue weighted by atomic mass is 35.5. The molecule has 2 amide bonds. The highest BCUT2D eigenvalue weighted by Gasteiger charge is 2.36. The summed E-state index contributed by atoms with van der Waals surface area (Å²) >= 11 is 5.88. The van der Waals surface area contributed by atoms with Crippen LogP contribution >= 0.6 is 11.6 Å². The number of nitrogens with zero attached hydrogens (tertiary/aromatic N) is 1. The Morgan fingerprint density at radius 1 is 1.39 bits per heavy atom. The number of rotatable bonds is 7. The van der Waals surface area contributed by atoms with Crippen LogP contribution in [0.2, 0.25) is 5.02 Å². The van der Waals surface area contributed by atoms with Gasteiger partial charge in [0.2, 0.25) is 11.8 Å². The first-order valence-corrected chi connectivity index (χ1v) is 8.43. The first-order valence-electron chi connectivity index (χ1n) is 8.05. The zero-order valence-electron chi connectivity index (χ0n) is 13.0. The molecule has 0 aromatic heterocycles. The van der Waals surface area contributed by atoms with Crippen molar-refractivity contribution in [3.8, 4) is 5.75 Å². The molecule has 0 spiro atoms. The minimum absolute atomic E-state index is 0.0636. The maximum atomic E-state index is 12.1. The molecular weight excluding hydrogens is 316 g/mol. The van der Waals surface area contributed by atoms with Crippen LogP contribution in [0.15, 0.2) is 24.3 Å². The van der Waals surface area contributed by atoms with E-state index in [1.54, 1.807) is 12.1 Å². The van der Waals surface area contributed by atoms with Crippen molar-refractivity contribution in [1.29, 1.82) is 0 Å². The standard InChI is InChI=1S/C17H21ClN2O3/c18-14-2-1-3-15(9-14)23-7-6-19-17(22)13-8-16(21)20(11-13)10-12-4-5-12/h1-3,9,12-13H,4-8,10-11H2,(H,19,22)/t13-/m0/s1. The topological polar surface area (TPSA) is 58.6 Å². The second kappa shape index (κ2) is 7.21. The lowest BCUT2D eigenvalue weighted by atomic mass is 10.1. The highest BCUT2D eigenvalue weighted by Crippen LogP contribution is 2.31. The SMILES string of the molecule is O=C(NCCOc1cccc(Cl)c1)[C@H]1CC(=O)N(CC2CC2)C1. The van der Waals surface area contributed by atoms with E-state index in [4.69, 9.17) is 16.3 Å². The maximum absolute atomic E-state index is 12.1. The molecule has 6 heteroatoms. The lowest BCUT2D eigenvalue weighted by molar-refractivity contribution is -0.129. The maximum Gasteiger partial charge on any atom is 0.225 e. The first kappa shape index (κ1) is 16.1. The van der Waals surface area contributed by atoms with Crippen LogP contribution < -0.4 is 10.1 Å². The van der Waals surface area contributed by atoms with Crippen molar-refractivity contribution in [3.05, 3.63) is 29.3 Å². The van der Waals surface area contributed by atoms with Gasteiger partial charge in [0.25, 0.3) is 0 Å². The molecule has 1 aliphatic heterocycles. The van der Waals surface area contributed by atoms with E-state index in [0.717, 1.165) is 6.54 Å². The average molecular weight is 337 g/mol. The fourth-order valence-corrected chi connectivity index (χ4v) is 2.96. The molecule has 23 heavy (non-hydrogen) atoms. The molecule has 2 fully saturated rings. The molecule has 0 unspecified atom stereocenters. The number of halogens is 1. The number of carbonyl (C=O) groups is 2. The number of hydrogen-bond acceptors (Lipinski definition) is 3. The Bertz CT molecular complexity index is 589. The van der Waals surface area contributed by atoms with Crippen LogP contribution in [-0.2, 0) is 9.59 Å². The van der Waals surface area contributed by atoms with Gasteiger partial charge in [-0.15, -0.1) is 0 Å². The quantitative estimate of drug-likeness (QED) is 0.776. The van der Waals surface area contributed by atoms with Gasteiger partial charge < -0.3 is 15.0 Å². The summed E-state index contributed by atoms with van der Waals surface area (Å²) in [6, 6.07) is 7.14. The molecule has 1 N–H and O–H groups in total. The number of hydrogen-bond donors (Lipinski definition) is 1. The predicted molar refractivity (Wildman–Crippen MR) is 87.4 cm³/mol. The van der Waals surface area contributed by atoms with Gasteiger partial charge in [-0.05, 0) is 37.0 Å². The second-order valence-corrected chi connectivity index (χ2v) is 6.68. The summed E-state index contributed by atoms with van der Waals surface area (Å²) in [5.41, 5.74) is 0. The van der Waals surface area contributed by atoms with Gasteiger partial charge in [-0.3, -0.25) is 9.59 Å². The highest BCUT2D eigenvalue weighted by molar-refractivity contribution is 6.30. The van der Waals surface area contributed by atoms with Crippen LogP contribution in [0.1, 0.15) is 19.3 Å². The summed E-state index contributed by atoms with van der Waals surface area (Å²) in [5, 5.41) is 3.46. The number of ether oxygens (including phenoxy) is 1. The van der Waals surface area contributed by atoms with Crippen LogP contribution in [-0.4, -0.2) is 43.0 Å². The monoisotopic (exact) mass is 336 g/mol. The van der Waals surface area contributed by atoms with Crippen LogP contribution in [0.4, 0.5) is 0 Å². The van der Waals surface area contributed by atoms with E-state index in [-0.39, 0.29) is 17.7 Å². The fourth-order valence-electron chi connectivity index (χ4n) is 2.78. The Kier molecular flexibility index (Phi) is 5.06. The molecular formula is C17H21ClN2O3. The van der Waals surface area contributed by atoms with E-state index in [1.165, 1.54) is 12.8 Å². The molecule has 1 atom stereocenters. The van der Waals surface area contributed by atoms with Gasteiger partial charge in [0.05, 0.1) is 12.5 Å². The van der Waals surface area contributed by atoms with Gasteiger partial charge in [0, 0.05) is 24.5 Å². The fraction of sp³-hybridized carbons (Fsp3) is 0.529. The van der Waals surface area contributed by atoms with Gasteiger partial charge in [-0.1, -0.05) is 17.7 Å². The number of likely N-dealkylation sites (tertiary alicyclic amines) is 1. The third-order valence-corrected chi connectivity index (χ3v) is 4.46. The molecule has 124 valence electrons. The summed E-state index contributed by atoms with van der Waals surface area (Å²) in [4.78, 5) is 25.9. The minimum atomic E-state index is -0.229. The molecule has 0 bridgehead atoms. The molecule has 5 nitrogen and oxygen atoms in total. The van der Waals surface area contributed by atoms with E-state index in [1.807, 2.05) is 17.0 Å². The normalized spacial score (nSPS) is 20.7. The molecule has 3 rings (SSSR count). The van der Waals surface area contributed by atoms with Gasteiger partial charge in [-0.25, -0.2) is 0 Å². The second-order valence-electron chi connectivity index (χ2n) is 6.24. The molecule has 1 aliphatic carbocycles. The van der Waals surface area contributed by atoms with E-state index in [0.29, 0.717) is 42.8 Å². The number of benzene rings is 1. The van der Waals surface area contributed by atoms with Crippen molar-refractivity contribution in [2.24, 2.45) is 11.8 Å². The summed E-state index contributed by atoms with van der Waals surface area (Å²) in [7, 11) is 0. The lowest BCUT2D eigenvalue weighted by Crippen LogP contribution is -2.35. The van der Waals surface area contributed by atoms with E-state index >= 15 is 0 Å². The molecule has 0 radical (unpaired) electrons. The Hall–Kier alpha value is -1.75. The van der Waals surface area contributed by atoms with Crippen molar-refractivity contribution in [3.63, 3.8) is 0 Å². The smallest absolute Gasteiger partial charge is 0.225 e. The first-order chi connectivity index (χ1) is 11.1. The number of nitrogens with one attached hydrogen (secondary N) is 1. The van der Waals surface area contributed by atoms with Crippen LogP contribution in [0.5, 0.6) is 5.75 Å². The molecule has 1 saturated carbocycles. The third-order valence-electron chi connectivity index (χ3n) is 4.23. The predicted octanol–water partition coefficient (Wildman–Crippen LogP) is 2.09. The van der Waals surface area contributed by atoms with Crippen molar-refractivity contribution >= 4 is 23.4 Å². The van der Waals surface area contributed by atoms with E-state index in [9.17, 15) is 9.59 Å². The van der Waals surface area contributed by atoms with E-state index < -0.39 is 0 Å². The third kappa shape index (κ3) is 4.61. The van der Waals surface area contributed by atoms with Crippen LogP contribution in [0.3, 0.4) is 0 Å². The number of carbonyl (C=O) groups excluding carboxylic acids is 2. The summed E-state index contributed by atoms with van der Waals surface area (Å²) in [6.45, 7) is 2.16. The van der Waals surface area contributed by atoms with Crippen molar-refractivity contribution in [2.75, 3.05) is 26.2 Å². The summed E-state index contributed by atoms with van der Waals surface area (Å²) in [5.74, 6) is 1.15. The summed E-state index contributed by atoms with van der Waals surface area (Å²) in [6.07, 6.45) is 2.75. The van der Waals surface area contributed by atoms with Crippen LogP contribution in [0.25, 0.3) is 0 Å². The molecule has 1 saturated heterocycles. The average Bonchev–Trinajstić information content (AvgIpc) is 3.26. The Morgan fingerprint density at radius 3 is 2.96 bits per heavy atom. The van der Waals surface area contributed by atoms with Crippen molar-refractivity contribution in [1.82, 2.24) is 10.2 Å². The van der Waals surface area contributed by atoms with Crippen molar-refractivity contribution in [2.45, 2.75) is 19.3 Å². The zero-order valence-corrected chi connectivity index (χ0v) is 13.7. The number of amides is 2. The molecule has 2 aliphatic rings. The zero-order chi connectivity index (χ0) is 16.2.